The summed E-state index contributed by atoms with van der Waals surface area (Å²) in [4.78, 5) is 16.2. The van der Waals surface area contributed by atoms with Crippen LogP contribution in [0.25, 0.3) is 0 Å². The molecule has 0 spiro atoms. The summed E-state index contributed by atoms with van der Waals surface area (Å²) < 4.78 is 27.6. The minimum atomic E-state index is -2.93. The lowest BCUT2D eigenvalue weighted by atomic mass is 10.3. The zero-order valence-electron chi connectivity index (χ0n) is 18.0. The Bertz CT molecular complexity index is 951. The molecule has 172 valence electrons. The Morgan fingerprint density at radius 2 is 1.97 bits per heavy atom. The molecule has 11 heteroatoms. The van der Waals surface area contributed by atoms with Crippen LogP contribution in [-0.4, -0.2) is 45.9 Å². The normalized spacial score (nSPS) is 16.3. The standard InChI is InChI=1S/C20H29BrN4O5S/c1-6-17(21)18(30-14(5)13(4)26)24-19(22)23-15-9-11-16(12-10-15)31(28,8-3)25-20(27)29-7-2/h6,9-14,26H,1,7-8H2,2-5H3,(H3,22,23,24)/b18-17-/t13-,14-,31?/m1/s1. The molecule has 1 rings (SSSR count). The largest absolute Gasteiger partial charge is 0.471 e. The molecule has 0 bridgehead atoms. The van der Waals surface area contributed by atoms with E-state index in [0.29, 0.717) is 15.1 Å². The fourth-order valence-electron chi connectivity index (χ4n) is 2.09. The van der Waals surface area contributed by atoms with Crippen molar-refractivity contribution in [1.29, 1.82) is 0 Å². The van der Waals surface area contributed by atoms with E-state index in [0.717, 1.165) is 0 Å². The van der Waals surface area contributed by atoms with Crippen LogP contribution >= 0.6 is 15.9 Å². The number of ether oxygens (including phenoxy) is 2. The van der Waals surface area contributed by atoms with E-state index in [2.05, 4.69) is 37.2 Å². The van der Waals surface area contributed by atoms with Gasteiger partial charge in [0, 0.05) is 16.3 Å². The lowest BCUT2D eigenvalue weighted by Crippen LogP contribution is -2.25. The Morgan fingerprint density at radius 1 is 1.35 bits per heavy atom. The zero-order valence-corrected chi connectivity index (χ0v) is 20.4. The molecule has 9 nitrogen and oxygen atoms in total. The van der Waals surface area contributed by atoms with Gasteiger partial charge in [-0.05, 0) is 67.0 Å². The number of benzene rings is 1. The average Bonchev–Trinajstić information content (AvgIpc) is 2.72. The first-order valence-electron chi connectivity index (χ1n) is 9.56. The third-order valence-corrected chi connectivity index (χ3v) is 6.86. The fraction of sp³-hybridized carbons (Fsp3) is 0.400. The van der Waals surface area contributed by atoms with Gasteiger partial charge >= 0.3 is 6.09 Å². The van der Waals surface area contributed by atoms with Crippen LogP contribution in [0.15, 0.2) is 61.5 Å². The van der Waals surface area contributed by atoms with E-state index in [1.165, 1.54) is 6.08 Å². The average molecular weight is 517 g/mol. The summed E-state index contributed by atoms with van der Waals surface area (Å²) in [5, 5.41) is 12.5. The van der Waals surface area contributed by atoms with Crippen molar-refractivity contribution in [1.82, 2.24) is 0 Å². The number of hydrogen-bond donors (Lipinski definition) is 3. The molecule has 4 N–H and O–H groups in total. The van der Waals surface area contributed by atoms with Crippen molar-refractivity contribution >= 4 is 43.4 Å². The Morgan fingerprint density at radius 3 is 2.45 bits per heavy atom. The highest BCUT2D eigenvalue weighted by molar-refractivity contribution is 9.11. The fourth-order valence-corrected chi connectivity index (χ4v) is 3.69. The second-order valence-electron chi connectivity index (χ2n) is 6.29. The number of carbonyl (C=O) groups excluding carboxylic acids is 1. The molecule has 0 aliphatic heterocycles. The van der Waals surface area contributed by atoms with Crippen molar-refractivity contribution in [2.24, 2.45) is 15.1 Å². The Hall–Kier alpha value is -2.37. The van der Waals surface area contributed by atoms with Gasteiger partial charge < -0.3 is 25.6 Å². The number of anilines is 1. The summed E-state index contributed by atoms with van der Waals surface area (Å²) in [7, 11) is -2.93. The molecule has 1 amide bonds. The van der Waals surface area contributed by atoms with Crippen LogP contribution in [0.4, 0.5) is 10.5 Å². The maximum Gasteiger partial charge on any atom is 0.442 e. The lowest BCUT2D eigenvalue weighted by Gasteiger charge is -2.18. The molecule has 1 unspecified atom stereocenters. The molecule has 0 radical (unpaired) electrons. The number of rotatable bonds is 9. The Kier molecular flexibility index (Phi) is 10.7. The van der Waals surface area contributed by atoms with Crippen molar-refractivity contribution < 1.29 is 23.6 Å². The highest BCUT2D eigenvalue weighted by Gasteiger charge is 2.15. The molecule has 0 heterocycles. The zero-order chi connectivity index (χ0) is 23.6. The first-order chi connectivity index (χ1) is 14.6. The van der Waals surface area contributed by atoms with Gasteiger partial charge in [0.25, 0.3) is 0 Å². The van der Waals surface area contributed by atoms with Gasteiger partial charge in [0.2, 0.25) is 11.8 Å². The third kappa shape index (κ3) is 8.35. The summed E-state index contributed by atoms with van der Waals surface area (Å²) in [5.41, 5.74) is 6.54. The molecule has 0 aliphatic rings. The van der Waals surface area contributed by atoms with Gasteiger partial charge in [-0.3, -0.25) is 0 Å². The van der Waals surface area contributed by atoms with E-state index >= 15 is 0 Å². The molecule has 0 aliphatic carbocycles. The number of hydrogen-bond acceptors (Lipinski definition) is 6. The van der Waals surface area contributed by atoms with Gasteiger partial charge in [-0.15, -0.1) is 4.36 Å². The van der Waals surface area contributed by atoms with Crippen LogP contribution < -0.4 is 11.1 Å². The molecule has 1 aromatic rings. The van der Waals surface area contributed by atoms with Gasteiger partial charge in [0.15, 0.2) is 0 Å². The van der Waals surface area contributed by atoms with Crippen molar-refractivity contribution in [3.8, 4) is 0 Å². The quantitative estimate of drug-likeness (QED) is 0.195. The van der Waals surface area contributed by atoms with Gasteiger partial charge in [-0.1, -0.05) is 13.5 Å². The van der Waals surface area contributed by atoms with Crippen LogP contribution in [0, 0.1) is 0 Å². The topological polar surface area (TPSA) is 136 Å². The van der Waals surface area contributed by atoms with Crippen molar-refractivity contribution in [2.75, 3.05) is 17.7 Å². The number of nitrogens with zero attached hydrogens (tertiary/aromatic N) is 2. The van der Waals surface area contributed by atoms with Crippen LogP contribution in [0.2, 0.25) is 0 Å². The number of nitrogens with two attached hydrogens (primary N) is 1. The van der Waals surface area contributed by atoms with E-state index in [1.54, 1.807) is 52.0 Å². The van der Waals surface area contributed by atoms with Crippen LogP contribution in [0.1, 0.15) is 27.7 Å². The predicted octanol–water partition coefficient (Wildman–Crippen LogP) is 3.95. The summed E-state index contributed by atoms with van der Waals surface area (Å²) in [6, 6.07) is 6.46. The van der Waals surface area contributed by atoms with E-state index in [1.807, 2.05) is 0 Å². The van der Waals surface area contributed by atoms with Crippen LogP contribution in [-0.2, 0) is 19.2 Å². The third-order valence-electron chi connectivity index (χ3n) is 3.96. The second kappa shape index (κ2) is 12.5. The minimum absolute atomic E-state index is 0.0202. The number of carbonyl (C=O) groups is 1. The van der Waals surface area contributed by atoms with E-state index in [4.69, 9.17) is 15.2 Å². The molecule has 0 aromatic heterocycles. The Labute approximate surface area is 191 Å². The van der Waals surface area contributed by atoms with E-state index < -0.39 is 28.0 Å². The maximum absolute atomic E-state index is 13.0. The Balaban J connectivity index is 3.09. The van der Waals surface area contributed by atoms with Gasteiger partial charge in [0.05, 0.1) is 26.9 Å². The van der Waals surface area contributed by atoms with Gasteiger partial charge in [-0.25, -0.2) is 9.00 Å². The summed E-state index contributed by atoms with van der Waals surface area (Å²) in [6.45, 7) is 10.4. The number of aliphatic imine (C=N–C) groups is 1. The second-order valence-corrected chi connectivity index (χ2v) is 9.65. The monoisotopic (exact) mass is 516 g/mol. The molecule has 0 fully saturated rings. The SMILES string of the molecule is C=C/C(Br)=C(\N=C(/N)Nc1ccc(S(=O)(CC)=NC(=O)OCC)cc1)O[C@H](C)[C@@H](C)O. The van der Waals surface area contributed by atoms with Crippen LogP contribution in [0.5, 0.6) is 0 Å². The number of allylic oxidation sites excluding steroid dienone is 2. The molecule has 31 heavy (non-hydrogen) atoms. The van der Waals surface area contributed by atoms with Gasteiger partial charge in [0.1, 0.15) is 6.10 Å². The number of nitrogens with one attached hydrogen (secondary N) is 1. The van der Waals surface area contributed by atoms with Crippen LogP contribution in [0.3, 0.4) is 0 Å². The number of aliphatic hydroxyl groups is 1. The molecular formula is C20H29BrN4O5S. The lowest BCUT2D eigenvalue weighted by molar-refractivity contribution is 0.0170. The molecule has 3 atom stereocenters. The number of halogens is 1. The summed E-state index contributed by atoms with van der Waals surface area (Å²) >= 11 is 3.29. The summed E-state index contributed by atoms with van der Waals surface area (Å²) in [5.74, 6) is 0.323. The summed E-state index contributed by atoms with van der Waals surface area (Å²) in [6.07, 6.45) is -0.606. The highest BCUT2D eigenvalue weighted by Crippen LogP contribution is 2.20. The number of aliphatic hydroxyl groups excluding tert-OH is 1. The smallest absolute Gasteiger partial charge is 0.442 e. The minimum Gasteiger partial charge on any atom is -0.471 e. The maximum atomic E-state index is 13.0. The van der Waals surface area contributed by atoms with Crippen molar-refractivity contribution in [3.63, 3.8) is 0 Å². The molecular weight excluding hydrogens is 488 g/mol. The molecule has 0 saturated carbocycles. The van der Waals surface area contributed by atoms with E-state index in [9.17, 15) is 14.1 Å². The predicted molar refractivity (Wildman–Crippen MR) is 126 cm³/mol. The van der Waals surface area contributed by atoms with Crippen molar-refractivity contribution in [2.45, 2.75) is 44.8 Å². The number of amides is 1. The van der Waals surface area contributed by atoms with Crippen molar-refractivity contribution in [3.05, 3.63) is 47.3 Å². The molecule has 1 aromatic carbocycles. The highest BCUT2D eigenvalue weighted by atomic mass is 79.9. The van der Waals surface area contributed by atoms with Gasteiger partial charge in [-0.2, -0.15) is 4.99 Å². The first kappa shape index (κ1) is 26.7. The first-order valence-corrected chi connectivity index (χ1v) is 12.0. The number of guanidine groups is 1. The molecule has 0 saturated heterocycles. The van der Waals surface area contributed by atoms with E-state index in [-0.39, 0.29) is 24.2 Å².